The Morgan fingerprint density at radius 1 is 1.07 bits per heavy atom. The van der Waals surface area contributed by atoms with Crippen LogP contribution >= 0.6 is 0 Å². The lowest BCUT2D eigenvalue weighted by Crippen LogP contribution is -2.02. The molecule has 2 aromatic rings. The number of aromatic hydroxyl groups is 2. The van der Waals surface area contributed by atoms with Crippen LogP contribution in [-0.4, -0.2) is 22.6 Å². The molecule has 0 aromatic heterocycles. The van der Waals surface area contributed by atoms with E-state index in [1.165, 1.54) is 18.2 Å². The third kappa shape index (κ3) is 4.88. The topological polar surface area (TPSA) is 66.8 Å². The van der Waals surface area contributed by atoms with Gasteiger partial charge in [-0.2, -0.15) is 0 Å². The number of hydrogen-bond acceptors (Lipinski definition) is 4. The highest BCUT2D eigenvalue weighted by molar-refractivity contribution is 6.07. The van der Waals surface area contributed by atoms with Crippen LogP contribution in [0.15, 0.2) is 61.7 Å². The molecule has 0 saturated carbocycles. The van der Waals surface area contributed by atoms with Gasteiger partial charge < -0.3 is 14.9 Å². The molecule has 0 amide bonds. The van der Waals surface area contributed by atoms with Crippen molar-refractivity contribution in [1.82, 2.24) is 0 Å². The van der Waals surface area contributed by atoms with Crippen LogP contribution in [0.25, 0.3) is 6.08 Å². The third-order valence-electron chi connectivity index (χ3n) is 4.01. The summed E-state index contributed by atoms with van der Waals surface area (Å²) in [6, 6.07) is 7.88. The van der Waals surface area contributed by atoms with Gasteiger partial charge in [0.05, 0.1) is 12.2 Å². The molecule has 0 fully saturated rings. The lowest BCUT2D eigenvalue weighted by Gasteiger charge is -2.17. The number of ether oxygens (including phenoxy) is 1. The monoisotopic (exact) mass is 364 g/mol. The van der Waals surface area contributed by atoms with Crippen molar-refractivity contribution >= 4 is 11.9 Å². The molecular weight excluding hydrogens is 340 g/mol. The van der Waals surface area contributed by atoms with Gasteiger partial charge in [0, 0.05) is 5.56 Å². The molecule has 2 N–H and O–H groups in total. The average Bonchev–Trinajstić information content (AvgIpc) is 2.65. The Morgan fingerprint density at radius 2 is 1.70 bits per heavy atom. The van der Waals surface area contributed by atoms with Crippen LogP contribution in [-0.2, 0) is 12.8 Å². The van der Waals surface area contributed by atoms with E-state index in [9.17, 15) is 15.0 Å². The first-order chi connectivity index (χ1) is 13.0. The zero-order valence-corrected chi connectivity index (χ0v) is 15.4. The summed E-state index contributed by atoms with van der Waals surface area (Å²) in [5.41, 5.74) is 2.50. The Labute approximate surface area is 159 Å². The molecular formula is C23H24O4. The Balaban J connectivity index is 2.51. The van der Waals surface area contributed by atoms with Crippen molar-refractivity contribution in [2.24, 2.45) is 0 Å². The molecule has 0 saturated heterocycles. The summed E-state index contributed by atoms with van der Waals surface area (Å²) in [5, 5.41) is 20.0. The number of benzene rings is 2. The van der Waals surface area contributed by atoms with E-state index in [-0.39, 0.29) is 17.3 Å². The van der Waals surface area contributed by atoms with Crippen LogP contribution in [0.1, 0.15) is 34.0 Å². The van der Waals surface area contributed by atoms with Gasteiger partial charge in [0.25, 0.3) is 0 Å². The van der Waals surface area contributed by atoms with E-state index >= 15 is 0 Å². The van der Waals surface area contributed by atoms with Gasteiger partial charge in [0.15, 0.2) is 5.78 Å². The molecule has 0 heterocycles. The number of phenols is 2. The minimum atomic E-state index is -0.240. The average molecular weight is 364 g/mol. The summed E-state index contributed by atoms with van der Waals surface area (Å²) in [5.74, 6) is 0.465. The van der Waals surface area contributed by atoms with Gasteiger partial charge in [0.1, 0.15) is 17.2 Å². The van der Waals surface area contributed by atoms with E-state index in [1.54, 1.807) is 30.4 Å². The van der Waals surface area contributed by atoms with Crippen LogP contribution < -0.4 is 4.74 Å². The molecule has 0 aliphatic rings. The second-order valence-corrected chi connectivity index (χ2v) is 5.95. The van der Waals surface area contributed by atoms with Crippen molar-refractivity contribution < 1.29 is 19.7 Å². The Bertz CT molecular complexity index is 861. The zero-order chi connectivity index (χ0) is 19.8. The predicted molar refractivity (Wildman–Crippen MR) is 109 cm³/mol. The lowest BCUT2D eigenvalue weighted by molar-refractivity contribution is 0.104. The Hall–Kier alpha value is -3.27. The number of allylic oxidation sites excluding steroid dienone is 3. The molecule has 2 aromatic carbocycles. The van der Waals surface area contributed by atoms with Crippen molar-refractivity contribution in [2.45, 2.75) is 19.8 Å². The van der Waals surface area contributed by atoms with Crippen molar-refractivity contribution in [3.63, 3.8) is 0 Å². The summed E-state index contributed by atoms with van der Waals surface area (Å²) in [4.78, 5) is 12.4. The minimum Gasteiger partial charge on any atom is -0.508 e. The van der Waals surface area contributed by atoms with Crippen molar-refractivity contribution in [1.29, 1.82) is 0 Å². The van der Waals surface area contributed by atoms with Crippen LogP contribution in [0.3, 0.4) is 0 Å². The zero-order valence-electron chi connectivity index (χ0n) is 15.4. The fourth-order valence-corrected chi connectivity index (χ4v) is 2.77. The molecule has 4 heteroatoms. The van der Waals surface area contributed by atoms with Crippen LogP contribution in [0, 0.1) is 0 Å². The minimum absolute atomic E-state index is 0.0703. The number of ketones is 1. The standard InChI is InChI=1S/C23H24O4/c1-4-7-17-15-18(8-5-2)23(27-6-3)20(22(17)26)13-14-21(25)16-9-11-19(24)12-10-16/h4-5,9-15,24,26H,1-2,6-8H2,3H3/b14-13+. The molecule has 0 aliphatic heterocycles. The maximum absolute atomic E-state index is 12.4. The van der Waals surface area contributed by atoms with Crippen LogP contribution in [0.2, 0.25) is 0 Å². The van der Waals surface area contributed by atoms with Gasteiger partial charge in [0.2, 0.25) is 0 Å². The normalized spacial score (nSPS) is 10.7. The molecule has 2 rings (SSSR count). The van der Waals surface area contributed by atoms with Gasteiger partial charge in [-0.15, -0.1) is 13.2 Å². The summed E-state index contributed by atoms with van der Waals surface area (Å²) in [6.45, 7) is 9.79. The highest BCUT2D eigenvalue weighted by Crippen LogP contribution is 2.37. The van der Waals surface area contributed by atoms with Crippen LogP contribution in [0.5, 0.6) is 17.2 Å². The lowest BCUT2D eigenvalue weighted by atomic mass is 9.97. The smallest absolute Gasteiger partial charge is 0.185 e. The SMILES string of the molecule is C=CCc1cc(CC=C)c(OCC)c(/C=C/C(=O)c2ccc(O)cc2)c1O. The highest BCUT2D eigenvalue weighted by Gasteiger charge is 2.16. The van der Waals surface area contributed by atoms with Gasteiger partial charge in [-0.25, -0.2) is 0 Å². The second kappa shape index (κ2) is 9.43. The maximum atomic E-state index is 12.4. The molecule has 0 radical (unpaired) electrons. The molecule has 4 nitrogen and oxygen atoms in total. The number of carbonyl (C=O) groups is 1. The molecule has 0 spiro atoms. The summed E-state index contributed by atoms with van der Waals surface area (Å²) >= 11 is 0. The van der Waals surface area contributed by atoms with Crippen LogP contribution in [0.4, 0.5) is 0 Å². The van der Waals surface area contributed by atoms with E-state index in [1.807, 2.05) is 13.0 Å². The predicted octanol–water partition coefficient (Wildman–Crippen LogP) is 4.85. The number of hydrogen-bond donors (Lipinski definition) is 2. The number of rotatable bonds is 9. The quantitative estimate of drug-likeness (QED) is 0.379. The van der Waals surface area contributed by atoms with Crippen molar-refractivity contribution in [2.75, 3.05) is 6.61 Å². The molecule has 0 bridgehead atoms. The second-order valence-electron chi connectivity index (χ2n) is 5.95. The molecule has 0 unspecified atom stereocenters. The molecule has 0 aliphatic carbocycles. The fraction of sp³-hybridized carbons (Fsp3) is 0.174. The maximum Gasteiger partial charge on any atom is 0.185 e. The van der Waals surface area contributed by atoms with E-state index < -0.39 is 0 Å². The first-order valence-corrected chi connectivity index (χ1v) is 8.75. The molecule has 140 valence electrons. The van der Waals surface area contributed by atoms with Gasteiger partial charge >= 0.3 is 0 Å². The first kappa shape index (κ1) is 20.0. The summed E-state index contributed by atoms with van der Waals surface area (Å²) in [6.07, 6.45) is 7.50. The van der Waals surface area contributed by atoms with Crippen molar-refractivity contribution in [3.8, 4) is 17.2 Å². The van der Waals surface area contributed by atoms with E-state index in [0.29, 0.717) is 41.9 Å². The Kier molecular flexibility index (Phi) is 7.00. The van der Waals surface area contributed by atoms with Crippen molar-refractivity contribution in [3.05, 3.63) is 84.0 Å². The molecule has 27 heavy (non-hydrogen) atoms. The Morgan fingerprint density at radius 3 is 2.30 bits per heavy atom. The molecule has 0 atom stereocenters. The van der Waals surface area contributed by atoms with E-state index in [0.717, 1.165) is 5.56 Å². The first-order valence-electron chi connectivity index (χ1n) is 8.75. The highest BCUT2D eigenvalue weighted by atomic mass is 16.5. The van der Waals surface area contributed by atoms with E-state index in [2.05, 4.69) is 13.2 Å². The van der Waals surface area contributed by atoms with Gasteiger partial charge in [-0.3, -0.25) is 4.79 Å². The number of carbonyl (C=O) groups excluding carboxylic acids is 1. The summed E-state index contributed by atoms with van der Waals surface area (Å²) in [7, 11) is 0. The summed E-state index contributed by atoms with van der Waals surface area (Å²) < 4.78 is 5.76. The third-order valence-corrected chi connectivity index (χ3v) is 4.01. The number of phenolic OH excluding ortho intramolecular Hbond substituents is 2. The van der Waals surface area contributed by atoms with Gasteiger partial charge in [-0.1, -0.05) is 12.2 Å². The fourth-order valence-electron chi connectivity index (χ4n) is 2.77. The largest absolute Gasteiger partial charge is 0.508 e. The van der Waals surface area contributed by atoms with Gasteiger partial charge in [-0.05, 0) is 73.4 Å². The van der Waals surface area contributed by atoms with E-state index in [4.69, 9.17) is 4.74 Å².